The lowest BCUT2D eigenvalue weighted by Crippen LogP contribution is -2.49. The molecule has 178 valence electrons. The van der Waals surface area contributed by atoms with Gasteiger partial charge in [-0.05, 0) is 74.8 Å². The highest BCUT2D eigenvalue weighted by atomic mass is 35.5. The molecule has 1 amide bonds. The summed E-state index contributed by atoms with van der Waals surface area (Å²) < 4.78 is 1.95. The summed E-state index contributed by atoms with van der Waals surface area (Å²) in [6.45, 7) is 6.82. The third kappa shape index (κ3) is 4.54. The molecule has 0 spiro atoms. The number of aromatic nitrogens is 2. The smallest absolute Gasteiger partial charge is 0.257 e. The molecule has 34 heavy (non-hydrogen) atoms. The largest absolute Gasteiger partial charge is 0.368 e. The van der Waals surface area contributed by atoms with Crippen LogP contribution < -0.4 is 10.2 Å². The van der Waals surface area contributed by atoms with Crippen LogP contribution in [-0.2, 0) is 0 Å². The van der Waals surface area contributed by atoms with Gasteiger partial charge in [-0.15, -0.1) is 0 Å². The van der Waals surface area contributed by atoms with Crippen LogP contribution >= 0.6 is 23.2 Å². The number of rotatable bonds is 4. The van der Waals surface area contributed by atoms with Crippen LogP contribution in [-0.4, -0.2) is 59.9 Å². The lowest BCUT2D eigenvalue weighted by atomic mass is 9.91. The maximum Gasteiger partial charge on any atom is 0.257 e. The average Bonchev–Trinajstić information content (AvgIpc) is 3.31. The van der Waals surface area contributed by atoms with Gasteiger partial charge in [0.25, 0.3) is 5.91 Å². The molecule has 1 aromatic heterocycles. The van der Waals surface area contributed by atoms with Gasteiger partial charge in [0.15, 0.2) is 0 Å². The molecule has 0 bridgehead atoms. The molecule has 8 heteroatoms. The fourth-order valence-electron chi connectivity index (χ4n) is 5.02. The molecule has 2 saturated heterocycles. The van der Waals surface area contributed by atoms with E-state index in [1.165, 1.54) is 0 Å². The van der Waals surface area contributed by atoms with Crippen molar-refractivity contribution in [2.75, 3.05) is 44.2 Å². The number of nitrogens with zero attached hydrogens (tertiary/aromatic N) is 4. The minimum atomic E-state index is 0.0650. The summed E-state index contributed by atoms with van der Waals surface area (Å²) in [5, 5.41) is 9.59. The first-order valence-electron chi connectivity index (χ1n) is 11.9. The number of piperidine rings is 1. The van der Waals surface area contributed by atoms with Crippen molar-refractivity contribution in [3.05, 3.63) is 75.5 Å². The zero-order valence-corrected chi connectivity index (χ0v) is 20.8. The lowest BCUT2D eigenvalue weighted by molar-refractivity contribution is 0.0744. The zero-order valence-electron chi connectivity index (χ0n) is 19.3. The van der Waals surface area contributed by atoms with Crippen molar-refractivity contribution >= 4 is 34.8 Å². The summed E-state index contributed by atoms with van der Waals surface area (Å²) in [4.78, 5) is 18.0. The van der Waals surface area contributed by atoms with Gasteiger partial charge in [-0.2, -0.15) is 5.10 Å². The number of halogens is 2. The van der Waals surface area contributed by atoms with Gasteiger partial charge >= 0.3 is 0 Å². The van der Waals surface area contributed by atoms with Crippen LogP contribution in [0.15, 0.2) is 48.7 Å². The van der Waals surface area contributed by atoms with E-state index in [1.807, 2.05) is 59.0 Å². The van der Waals surface area contributed by atoms with Gasteiger partial charge in [-0.25, -0.2) is 4.68 Å². The van der Waals surface area contributed by atoms with Crippen LogP contribution in [0, 0.1) is 6.92 Å². The summed E-state index contributed by atoms with van der Waals surface area (Å²) >= 11 is 12.5. The monoisotopic (exact) mass is 497 g/mol. The fourth-order valence-corrected chi connectivity index (χ4v) is 5.31. The van der Waals surface area contributed by atoms with Gasteiger partial charge in [0.05, 0.1) is 23.1 Å². The topological polar surface area (TPSA) is 53.4 Å². The first kappa shape index (κ1) is 23.2. The predicted molar refractivity (Wildman–Crippen MR) is 138 cm³/mol. The van der Waals surface area contributed by atoms with Gasteiger partial charge in [0.2, 0.25) is 0 Å². The van der Waals surface area contributed by atoms with Crippen molar-refractivity contribution in [2.45, 2.75) is 25.7 Å². The summed E-state index contributed by atoms with van der Waals surface area (Å²) in [6, 6.07) is 13.7. The van der Waals surface area contributed by atoms with Crippen molar-refractivity contribution < 1.29 is 4.79 Å². The summed E-state index contributed by atoms with van der Waals surface area (Å²) in [6.07, 6.45) is 3.72. The number of nitrogens with one attached hydrogen (secondary N) is 1. The van der Waals surface area contributed by atoms with Crippen molar-refractivity contribution in [3.8, 4) is 5.69 Å². The Balaban J connectivity index is 1.42. The number of carbonyl (C=O) groups is 1. The van der Waals surface area contributed by atoms with E-state index in [-0.39, 0.29) is 11.8 Å². The summed E-state index contributed by atoms with van der Waals surface area (Å²) in [5.74, 6) is 0.339. The first-order chi connectivity index (χ1) is 16.5. The zero-order chi connectivity index (χ0) is 23.7. The number of amides is 1. The molecule has 1 N–H and O–H groups in total. The normalized spacial score (nSPS) is 17.3. The summed E-state index contributed by atoms with van der Waals surface area (Å²) in [5.41, 5.74) is 4.77. The molecule has 0 atom stereocenters. The predicted octanol–water partition coefficient (Wildman–Crippen LogP) is 4.92. The Labute approximate surface area is 210 Å². The number of benzene rings is 2. The van der Waals surface area contributed by atoms with Crippen LogP contribution in [0.1, 0.15) is 40.4 Å². The molecule has 0 radical (unpaired) electrons. The van der Waals surface area contributed by atoms with Crippen LogP contribution in [0.25, 0.3) is 5.69 Å². The maximum atomic E-state index is 13.7. The van der Waals surface area contributed by atoms with Crippen LogP contribution in [0.3, 0.4) is 0 Å². The number of hydrogen-bond acceptors (Lipinski definition) is 4. The Morgan fingerprint density at radius 3 is 2.41 bits per heavy atom. The van der Waals surface area contributed by atoms with E-state index < -0.39 is 0 Å². The van der Waals surface area contributed by atoms with Crippen molar-refractivity contribution in [2.24, 2.45) is 0 Å². The molecule has 3 aromatic rings. The quantitative estimate of drug-likeness (QED) is 0.555. The van der Waals surface area contributed by atoms with Gasteiger partial charge in [-0.3, -0.25) is 4.79 Å². The number of anilines is 1. The Bertz CT molecular complexity index is 1160. The molecule has 0 saturated carbocycles. The van der Waals surface area contributed by atoms with Crippen LogP contribution in [0.2, 0.25) is 10.0 Å². The van der Waals surface area contributed by atoms with Gasteiger partial charge in [-0.1, -0.05) is 29.3 Å². The molecule has 0 unspecified atom stereocenters. The molecular formula is C26H29Cl2N5O. The Morgan fingerprint density at radius 1 is 1.00 bits per heavy atom. The van der Waals surface area contributed by atoms with E-state index in [4.69, 9.17) is 28.3 Å². The molecule has 5 rings (SSSR count). The van der Waals surface area contributed by atoms with Crippen molar-refractivity contribution in [3.63, 3.8) is 0 Å². The number of hydrogen-bond donors (Lipinski definition) is 1. The Morgan fingerprint density at radius 2 is 1.71 bits per heavy atom. The van der Waals surface area contributed by atoms with Crippen LogP contribution in [0.5, 0.6) is 0 Å². The van der Waals surface area contributed by atoms with Crippen molar-refractivity contribution in [1.29, 1.82) is 0 Å². The standard InChI is InChI=1S/C26H29Cl2N5O/c1-18-23(28)3-2-4-24(18)33-25(19-9-11-29-12-10-19)22(17-30-33)26(34)32-15-13-31(14-16-32)21-7-5-20(27)6-8-21/h2-8,17,19,29H,9-16H2,1H3. The minimum absolute atomic E-state index is 0.0650. The number of carbonyl (C=O) groups excluding carboxylic acids is 1. The second kappa shape index (κ2) is 9.98. The minimum Gasteiger partial charge on any atom is -0.368 e. The molecule has 2 fully saturated rings. The third-order valence-corrected chi connectivity index (χ3v) is 7.65. The number of piperazine rings is 1. The van der Waals surface area contributed by atoms with Crippen LogP contribution in [0.4, 0.5) is 5.69 Å². The van der Waals surface area contributed by atoms with E-state index in [0.29, 0.717) is 23.7 Å². The molecule has 2 aromatic carbocycles. The molecule has 0 aliphatic carbocycles. The Hall–Kier alpha value is -2.54. The summed E-state index contributed by atoms with van der Waals surface area (Å²) in [7, 11) is 0. The van der Waals surface area contributed by atoms with E-state index in [1.54, 1.807) is 6.20 Å². The molecule has 3 heterocycles. The first-order valence-corrected chi connectivity index (χ1v) is 12.6. The fraction of sp³-hybridized carbons (Fsp3) is 0.385. The molecule has 2 aliphatic rings. The molecule has 6 nitrogen and oxygen atoms in total. The lowest BCUT2D eigenvalue weighted by Gasteiger charge is -2.36. The van der Waals surface area contributed by atoms with Gasteiger partial charge < -0.3 is 15.1 Å². The van der Waals surface area contributed by atoms with E-state index in [9.17, 15) is 4.79 Å². The Kier molecular flexibility index (Phi) is 6.82. The van der Waals surface area contributed by atoms with E-state index >= 15 is 0 Å². The highest BCUT2D eigenvalue weighted by molar-refractivity contribution is 6.31. The second-order valence-corrected chi connectivity index (χ2v) is 9.86. The molecular weight excluding hydrogens is 469 g/mol. The molecule has 2 aliphatic heterocycles. The van der Waals surface area contributed by atoms with Gasteiger partial charge in [0.1, 0.15) is 0 Å². The third-order valence-electron chi connectivity index (χ3n) is 6.99. The van der Waals surface area contributed by atoms with E-state index in [2.05, 4.69) is 10.2 Å². The maximum absolute atomic E-state index is 13.7. The van der Waals surface area contributed by atoms with E-state index in [0.717, 1.165) is 66.7 Å². The van der Waals surface area contributed by atoms with Gasteiger partial charge in [0, 0.05) is 47.8 Å². The average molecular weight is 498 g/mol. The highest BCUT2D eigenvalue weighted by Gasteiger charge is 2.31. The van der Waals surface area contributed by atoms with Crippen molar-refractivity contribution in [1.82, 2.24) is 20.0 Å². The highest BCUT2D eigenvalue weighted by Crippen LogP contribution is 2.33. The SMILES string of the molecule is Cc1c(Cl)cccc1-n1ncc(C(=O)N2CCN(c3ccc(Cl)cc3)CC2)c1C1CCNCC1. The second-order valence-electron chi connectivity index (χ2n) is 9.02.